The van der Waals surface area contributed by atoms with Crippen molar-refractivity contribution in [2.24, 2.45) is 5.73 Å². The van der Waals surface area contributed by atoms with Gasteiger partial charge in [-0.2, -0.15) is 0 Å². The second-order valence-corrected chi connectivity index (χ2v) is 7.21. The van der Waals surface area contributed by atoms with E-state index in [4.69, 9.17) is 11.1 Å². The largest absolute Gasteiger partial charge is 0.383 e. The molecule has 0 radical (unpaired) electrons. The molecule has 1 heterocycles. The molecule has 0 aliphatic carbocycles. The first-order valence-electron chi connectivity index (χ1n) is 5.47. The number of amidine groups is 1. The summed E-state index contributed by atoms with van der Waals surface area (Å²) in [5, 5.41) is 7.70. The van der Waals surface area contributed by atoms with Crippen molar-refractivity contribution in [3.8, 4) is 0 Å². The van der Waals surface area contributed by atoms with Crippen LogP contribution in [0.15, 0.2) is 35.4 Å². The number of hydrogen-bond acceptors (Lipinski definition) is 5. The molecule has 0 bridgehead atoms. The van der Waals surface area contributed by atoms with Gasteiger partial charge in [-0.3, -0.25) is 5.41 Å². The number of nitrogens with one attached hydrogen (secondary N) is 1. The molecule has 100 valence electrons. The molecular weight excluding hydrogens is 282 g/mol. The molecule has 0 unspecified atom stereocenters. The number of nitrogens with two attached hydrogens (primary N) is 1. The number of rotatable bonds is 4. The molecule has 2 rings (SSSR count). The predicted octanol–water partition coefficient (Wildman–Crippen LogP) is 1.71. The molecule has 0 atom stereocenters. The minimum Gasteiger partial charge on any atom is -0.383 e. The Labute approximate surface area is 115 Å². The van der Waals surface area contributed by atoms with Crippen LogP contribution in [0.4, 0.5) is 0 Å². The molecule has 0 saturated heterocycles. The smallest absolute Gasteiger partial charge is 0.184 e. The SMILES string of the molecule is Cc1ccc(S(=O)(=O)Cc2ncc(C(=N)N)s2)cc1. The maximum absolute atomic E-state index is 12.2. The van der Waals surface area contributed by atoms with Gasteiger partial charge in [-0.15, -0.1) is 11.3 Å². The van der Waals surface area contributed by atoms with Crippen LogP contribution in [0.1, 0.15) is 15.4 Å². The topological polar surface area (TPSA) is 96.9 Å². The number of nitrogens with zero attached hydrogens (tertiary/aromatic N) is 1. The molecule has 0 aliphatic rings. The molecule has 2 aromatic rings. The lowest BCUT2D eigenvalue weighted by Crippen LogP contribution is -2.08. The summed E-state index contributed by atoms with van der Waals surface area (Å²) in [6.07, 6.45) is 1.42. The average Bonchev–Trinajstić information content (AvgIpc) is 2.77. The van der Waals surface area contributed by atoms with Crippen molar-refractivity contribution in [2.45, 2.75) is 17.6 Å². The van der Waals surface area contributed by atoms with E-state index in [1.54, 1.807) is 24.3 Å². The highest BCUT2D eigenvalue weighted by molar-refractivity contribution is 7.90. The maximum Gasteiger partial charge on any atom is 0.184 e. The molecule has 0 saturated carbocycles. The third kappa shape index (κ3) is 3.18. The fraction of sp³-hybridized carbons (Fsp3) is 0.167. The van der Waals surface area contributed by atoms with Crippen LogP contribution >= 0.6 is 11.3 Å². The number of nitrogen functional groups attached to an aromatic ring is 1. The van der Waals surface area contributed by atoms with Crippen molar-refractivity contribution >= 4 is 27.0 Å². The zero-order chi connectivity index (χ0) is 14.0. The van der Waals surface area contributed by atoms with Gasteiger partial charge in [0.2, 0.25) is 0 Å². The van der Waals surface area contributed by atoms with Gasteiger partial charge < -0.3 is 5.73 Å². The van der Waals surface area contributed by atoms with Crippen LogP contribution in [0.3, 0.4) is 0 Å². The highest BCUT2D eigenvalue weighted by atomic mass is 32.2. The van der Waals surface area contributed by atoms with Crippen molar-refractivity contribution in [3.05, 3.63) is 45.9 Å². The van der Waals surface area contributed by atoms with Crippen LogP contribution in [0, 0.1) is 12.3 Å². The third-order valence-corrected chi connectivity index (χ3v) is 5.37. The molecule has 0 fully saturated rings. The second-order valence-electron chi connectivity index (χ2n) is 4.10. The first-order chi connectivity index (χ1) is 8.88. The summed E-state index contributed by atoms with van der Waals surface area (Å²) in [5.41, 5.74) is 6.33. The van der Waals surface area contributed by atoms with Crippen LogP contribution in [0.5, 0.6) is 0 Å². The normalized spacial score (nSPS) is 11.4. The molecule has 0 aliphatic heterocycles. The summed E-state index contributed by atoms with van der Waals surface area (Å²) < 4.78 is 24.3. The van der Waals surface area contributed by atoms with E-state index >= 15 is 0 Å². The summed E-state index contributed by atoms with van der Waals surface area (Å²) in [4.78, 5) is 4.74. The van der Waals surface area contributed by atoms with Crippen LogP contribution < -0.4 is 5.73 Å². The Hall–Kier alpha value is -1.73. The summed E-state index contributed by atoms with van der Waals surface area (Å²) >= 11 is 1.13. The fourth-order valence-corrected chi connectivity index (χ4v) is 3.89. The molecule has 0 amide bonds. The van der Waals surface area contributed by atoms with Gasteiger partial charge in [-0.1, -0.05) is 17.7 Å². The van der Waals surface area contributed by atoms with Crippen molar-refractivity contribution < 1.29 is 8.42 Å². The molecule has 1 aromatic heterocycles. The lowest BCUT2D eigenvalue weighted by atomic mass is 10.2. The fourth-order valence-electron chi connectivity index (χ4n) is 1.49. The number of hydrogen-bond donors (Lipinski definition) is 2. The van der Waals surface area contributed by atoms with E-state index in [1.807, 2.05) is 6.92 Å². The highest BCUT2D eigenvalue weighted by Gasteiger charge is 2.17. The van der Waals surface area contributed by atoms with Crippen LogP contribution in [-0.4, -0.2) is 19.2 Å². The van der Waals surface area contributed by atoms with Crippen molar-refractivity contribution in [1.29, 1.82) is 5.41 Å². The summed E-state index contributed by atoms with van der Waals surface area (Å²) in [6, 6.07) is 6.69. The lowest BCUT2D eigenvalue weighted by molar-refractivity contribution is 0.595. The van der Waals surface area contributed by atoms with E-state index in [0.29, 0.717) is 9.88 Å². The minimum atomic E-state index is -3.41. The van der Waals surface area contributed by atoms with Crippen LogP contribution in [0.2, 0.25) is 0 Å². The Kier molecular flexibility index (Phi) is 3.68. The van der Waals surface area contributed by atoms with Gasteiger partial charge in [-0.25, -0.2) is 13.4 Å². The second kappa shape index (κ2) is 5.10. The standard InChI is InChI=1S/C12H13N3O2S2/c1-8-2-4-9(5-3-8)19(16,17)7-11-15-6-10(18-11)12(13)14/h2-6H,7H2,1H3,(H3,13,14). The van der Waals surface area contributed by atoms with E-state index in [1.165, 1.54) is 6.20 Å². The van der Waals surface area contributed by atoms with Crippen LogP contribution in [0.25, 0.3) is 0 Å². The maximum atomic E-state index is 12.2. The predicted molar refractivity (Wildman–Crippen MR) is 75.2 cm³/mol. The van der Waals surface area contributed by atoms with Gasteiger partial charge in [0.05, 0.1) is 9.77 Å². The lowest BCUT2D eigenvalue weighted by Gasteiger charge is -2.02. The van der Waals surface area contributed by atoms with E-state index in [0.717, 1.165) is 16.9 Å². The molecule has 3 N–H and O–H groups in total. The van der Waals surface area contributed by atoms with E-state index in [2.05, 4.69) is 4.98 Å². The van der Waals surface area contributed by atoms with Gasteiger partial charge >= 0.3 is 0 Å². The molecular formula is C12H13N3O2S2. The van der Waals surface area contributed by atoms with Gasteiger partial charge in [0.15, 0.2) is 9.84 Å². The third-order valence-electron chi connectivity index (χ3n) is 2.51. The molecule has 5 nitrogen and oxygen atoms in total. The monoisotopic (exact) mass is 295 g/mol. The zero-order valence-corrected chi connectivity index (χ0v) is 11.9. The van der Waals surface area contributed by atoms with Crippen LogP contribution in [-0.2, 0) is 15.6 Å². The Balaban J connectivity index is 2.25. The highest BCUT2D eigenvalue weighted by Crippen LogP contribution is 2.20. The quantitative estimate of drug-likeness (QED) is 0.663. The van der Waals surface area contributed by atoms with Gasteiger partial charge in [0.25, 0.3) is 0 Å². The number of sulfone groups is 1. The molecule has 1 aromatic carbocycles. The zero-order valence-electron chi connectivity index (χ0n) is 10.3. The van der Waals surface area contributed by atoms with Crippen molar-refractivity contribution in [1.82, 2.24) is 4.98 Å². The van der Waals surface area contributed by atoms with Gasteiger partial charge in [-0.05, 0) is 19.1 Å². The van der Waals surface area contributed by atoms with E-state index in [9.17, 15) is 8.42 Å². The Bertz CT molecular complexity index is 703. The number of aryl methyl sites for hydroxylation is 1. The Morgan fingerprint density at radius 2 is 2.00 bits per heavy atom. The van der Waals surface area contributed by atoms with Crippen molar-refractivity contribution in [3.63, 3.8) is 0 Å². The summed E-state index contributed by atoms with van der Waals surface area (Å²) in [6.45, 7) is 1.90. The minimum absolute atomic E-state index is 0.100. The van der Waals surface area contributed by atoms with Gasteiger partial charge in [0, 0.05) is 6.20 Å². The summed E-state index contributed by atoms with van der Waals surface area (Å²) in [5.74, 6) is -0.273. The number of benzene rings is 1. The molecule has 0 spiro atoms. The average molecular weight is 295 g/mol. The summed E-state index contributed by atoms with van der Waals surface area (Å²) in [7, 11) is -3.41. The first kappa shape index (κ1) is 13.7. The molecule has 19 heavy (non-hydrogen) atoms. The number of thiazole rings is 1. The van der Waals surface area contributed by atoms with Gasteiger partial charge in [0.1, 0.15) is 16.6 Å². The first-order valence-corrected chi connectivity index (χ1v) is 7.94. The Morgan fingerprint density at radius 3 is 2.53 bits per heavy atom. The van der Waals surface area contributed by atoms with E-state index in [-0.39, 0.29) is 16.5 Å². The van der Waals surface area contributed by atoms with Crippen molar-refractivity contribution in [2.75, 3.05) is 0 Å². The Morgan fingerprint density at radius 1 is 1.37 bits per heavy atom. The molecule has 7 heteroatoms. The number of aromatic nitrogens is 1. The van der Waals surface area contributed by atoms with E-state index < -0.39 is 9.84 Å².